The van der Waals surface area contributed by atoms with Crippen LogP contribution in [0, 0.1) is 17.3 Å². The predicted molar refractivity (Wildman–Crippen MR) is 71.3 cm³/mol. The van der Waals surface area contributed by atoms with Crippen LogP contribution in [0.15, 0.2) is 21.2 Å². The van der Waals surface area contributed by atoms with Crippen LogP contribution in [0.25, 0.3) is 0 Å². The molecule has 6 heteroatoms. The quantitative estimate of drug-likeness (QED) is 0.920. The van der Waals surface area contributed by atoms with Crippen molar-refractivity contribution < 1.29 is 19.1 Å². The highest BCUT2D eigenvalue weighted by Crippen LogP contribution is 2.58. The SMILES string of the molecule is CN(Cc1ccc(Br)o1)C(=O)[C@H]1[C@@H](C(=O)O)C1(C)C. The Morgan fingerprint density at radius 2 is 2.05 bits per heavy atom. The Labute approximate surface area is 119 Å². The summed E-state index contributed by atoms with van der Waals surface area (Å²) in [6.07, 6.45) is 0. The monoisotopic (exact) mass is 329 g/mol. The van der Waals surface area contributed by atoms with E-state index in [-0.39, 0.29) is 5.91 Å². The van der Waals surface area contributed by atoms with Gasteiger partial charge in [0.2, 0.25) is 5.91 Å². The van der Waals surface area contributed by atoms with E-state index in [1.165, 1.54) is 4.90 Å². The van der Waals surface area contributed by atoms with E-state index < -0.39 is 23.2 Å². The molecule has 1 aromatic heterocycles. The van der Waals surface area contributed by atoms with Crippen molar-refractivity contribution in [1.29, 1.82) is 0 Å². The molecule has 1 aromatic rings. The lowest BCUT2D eigenvalue weighted by Crippen LogP contribution is -2.29. The number of hydrogen-bond acceptors (Lipinski definition) is 3. The van der Waals surface area contributed by atoms with Crippen molar-refractivity contribution in [2.75, 3.05) is 7.05 Å². The first-order valence-electron chi connectivity index (χ1n) is 5.97. The summed E-state index contributed by atoms with van der Waals surface area (Å²) < 4.78 is 5.95. The highest BCUT2D eigenvalue weighted by molar-refractivity contribution is 9.10. The summed E-state index contributed by atoms with van der Waals surface area (Å²) in [7, 11) is 1.66. The second-order valence-corrected chi connectivity index (χ2v) is 6.30. The first-order chi connectivity index (χ1) is 8.75. The Hall–Kier alpha value is -1.30. The van der Waals surface area contributed by atoms with Crippen LogP contribution >= 0.6 is 15.9 Å². The standard InChI is InChI=1S/C13H16BrNO4/c1-13(2)9(10(13)12(17)18)11(16)15(3)6-7-4-5-8(14)19-7/h4-5,9-10H,6H2,1-3H3,(H,17,18)/t9-,10+/m1/s1. The number of amides is 1. The number of furan rings is 1. The van der Waals surface area contributed by atoms with Crippen LogP contribution in [0.4, 0.5) is 0 Å². The number of nitrogens with zero attached hydrogens (tertiary/aromatic N) is 1. The van der Waals surface area contributed by atoms with Crippen LogP contribution in [-0.4, -0.2) is 28.9 Å². The van der Waals surface area contributed by atoms with Crippen LogP contribution < -0.4 is 0 Å². The van der Waals surface area contributed by atoms with Gasteiger partial charge in [0.05, 0.1) is 18.4 Å². The first kappa shape index (κ1) is 14.1. The van der Waals surface area contributed by atoms with Gasteiger partial charge in [-0.1, -0.05) is 13.8 Å². The fraction of sp³-hybridized carbons (Fsp3) is 0.538. The number of carboxylic acid groups (broad SMARTS) is 1. The molecular formula is C13H16BrNO4. The zero-order chi connectivity index (χ0) is 14.4. The molecule has 0 unspecified atom stereocenters. The summed E-state index contributed by atoms with van der Waals surface area (Å²) in [5, 5.41) is 9.09. The molecule has 0 bridgehead atoms. The maximum absolute atomic E-state index is 12.3. The van der Waals surface area contributed by atoms with Crippen molar-refractivity contribution in [3.8, 4) is 0 Å². The van der Waals surface area contributed by atoms with Gasteiger partial charge in [-0.05, 0) is 33.5 Å². The molecule has 0 aromatic carbocycles. The van der Waals surface area contributed by atoms with Crippen LogP contribution in [-0.2, 0) is 16.1 Å². The van der Waals surface area contributed by atoms with E-state index >= 15 is 0 Å². The molecule has 2 atom stereocenters. The largest absolute Gasteiger partial charge is 0.481 e. The minimum absolute atomic E-state index is 0.148. The van der Waals surface area contributed by atoms with Crippen LogP contribution in [0.2, 0.25) is 0 Å². The van der Waals surface area contributed by atoms with Crippen LogP contribution in [0.3, 0.4) is 0 Å². The van der Waals surface area contributed by atoms with E-state index in [1.54, 1.807) is 19.2 Å². The highest BCUT2D eigenvalue weighted by Gasteiger charge is 2.66. The lowest BCUT2D eigenvalue weighted by molar-refractivity contribution is -0.141. The Kier molecular flexibility index (Phi) is 3.47. The fourth-order valence-corrected chi connectivity index (χ4v) is 2.89. The lowest BCUT2D eigenvalue weighted by atomic mass is 10.1. The number of carbonyl (C=O) groups is 2. The molecule has 5 nitrogen and oxygen atoms in total. The number of carbonyl (C=O) groups excluding carboxylic acids is 1. The molecule has 1 N–H and O–H groups in total. The maximum atomic E-state index is 12.3. The lowest BCUT2D eigenvalue weighted by Gasteiger charge is -2.16. The van der Waals surface area contributed by atoms with Crippen molar-refractivity contribution >= 4 is 27.8 Å². The zero-order valence-electron chi connectivity index (χ0n) is 11.0. The second kappa shape index (κ2) is 4.67. The predicted octanol–water partition coefficient (Wildman–Crippen LogP) is 2.36. The Balaban J connectivity index is 2.03. The normalized spacial score (nSPS) is 24.0. The van der Waals surface area contributed by atoms with E-state index in [2.05, 4.69) is 15.9 Å². The minimum Gasteiger partial charge on any atom is -0.481 e. The number of hydrogen-bond donors (Lipinski definition) is 1. The molecule has 2 rings (SSSR count). The average molecular weight is 330 g/mol. The van der Waals surface area contributed by atoms with Crippen molar-refractivity contribution in [2.45, 2.75) is 20.4 Å². The van der Waals surface area contributed by atoms with Crippen molar-refractivity contribution in [2.24, 2.45) is 17.3 Å². The Morgan fingerprint density at radius 1 is 1.42 bits per heavy atom. The smallest absolute Gasteiger partial charge is 0.307 e. The number of halogens is 1. The molecular weight excluding hydrogens is 314 g/mol. The molecule has 0 spiro atoms. The third kappa shape index (κ3) is 2.54. The average Bonchev–Trinajstić information content (AvgIpc) is 2.63. The van der Waals surface area contributed by atoms with Gasteiger partial charge in [0.15, 0.2) is 4.67 Å². The third-order valence-corrected chi connectivity index (χ3v) is 4.18. The summed E-state index contributed by atoms with van der Waals surface area (Å²) in [5.74, 6) is -1.44. The summed E-state index contributed by atoms with van der Waals surface area (Å²) in [6.45, 7) is 3.96. The van der Waals surface area contributed by atoms with Crippen LogP contribution in [0.1, 0.15) is 19.6 Å². The van der Waals surface area contributed by atoms with Crippen molar-refractivity contribution in [3.63, 3.8) is 0 Å². The van der Waals surface area contributed by atoms with Gasteiger partial charge < -0.3 is 14.4 Å². The summed E-state index contributed by atoms with van der Waals surface area (Å²) in [5.41, 5.74) is -0.471. The van der Waals surface area contributed by atoms with E-state index in [0.717, 1.165) is 0 Å². The maximum Gasteiger partial charge on any atom is 0.307 e. The van der Waals surface area contributed by atoms with Gasteiger partial charge in [0.1, 0.15) is 5.76 Å². The Bertz CT molecular complexity index is 522. The molecule has 0 aliphatic heterocycles. The molecule has 1 aliphatic carbocycles. The molecule has 1 saturated carbocycles. The van der Waals surface area contributed by atoms with Gasteiger partial charge in [-0.15, -0.1) is 0 Å². The van der Waals surface area contributed by atoms with Gasteiger partial charge in [-0.2, -0.15) is 0 Å². The highest BCUT2D eigenvalue weighted by atomic mass is 79.9. The van der Waals surface area contributed by atoms with E-state index in [9.17, 15) is 9.59 Å². The minimum atomic E-state index is -0.905. The van der Waals surface area contributed by atoms with E-state index in [4.69, 9.17) is 9.52 Å². The first-order valence-corrected chi connectivity index (χ1v) is 6.76. The van der Waals surface area contributed by atoms with Crippen LogP contribution in [0.5, 0.6) is 0 Å². The van der Waals surface area contributed by atoms with Gasteiger partial charge in [0, 0.05) is 7.05 Å². The molecule has 104 valence electrons. The topological polar surface area (TPSA) is 70.8 Å². The number of carboxylic acids is 1. The summed E-state index contributed by atoms with van der Waals surface area (Å²) in [6, 6.07) is 3.54. The number of rotatable bonds is 4. The number of aliphatic carboxylic acids is 1. The second-order valence-electron chi connectivity index (χ2n) is 5.52. The Morgan fingerprint density at radius 3 is 2.47 bits per heavy atom. The summed E-state index contributed by atoms with van der Waals surface area (Å²) >= 11 is 3.20. The molecule has 1 heterocycles. The van der Waals surface area contributed by atoms with Gasteiger partial charge in [0.25, 0.3) is 0 Å². The summed E-state index contributed by atoms with van der Waals surface area (Å²) in [4.78, 5) is 24.9. The van der Waals surface area contributed by atoms with Crippen molar-refractivity contribution in [1.82, 2.24) is 4.90 Å². The van der Waals surface area contributed by atoms with Crippen molar-refractivity contribution in [3.05, 3.63) is 22.6 Å². The third-order valence-electron chi connectivity index (χ3n) is 3.76. The molecule has 1 fully saturated rings. The van der Waals surface area contributed by atoms with Gasteiger partial charge >= 0.3 is 5.97 Å². The molecule has 0 radical (unpaired) electrons. The molecule has 1 aliphatic rings. The van der Waals surface area contributed by atoms with E-state index in [1.807, 2.05) is 13.8 Å². The molecule has 1 amide bonds. The van der Waals surface area contributed by atoms with Gasteiger partial charge in [-0.25, -0.2) is 0 Å². The fourth-order valence-electron chi connectivity index (χ4n) is 2.55. The van der Waals surface area contributed by atoms with Gasteiger partial charge in [-0.3, -0.25) is 9.59 Å². The molecule has 19 heavy (non-hydrogen) atoms. The zero-order valence-corrected chi connectivity index (χ0v) is 12.6. The molecule has 0 saturated heterocycles. The van der Waals surface area contributed by atoms with E-state index in [0.29, 0.717) is 17.0 Å².